The van der Waals surface area contributed by atoms with E-state index < -0.39 is 0 Å². The van der Waals surface area contributed by atoms with E-state index in [-0.39, 0.29) is 18.6 Å². The Hall–Kier alpha value is -1.33. The molecule has 1 saturated carbocycles. The summed E-state index contributed by atoms with van der Waals surface area (Å²) in [5, 5.41) is 12.9. The number of rotatable bonds is 5. The van der Waals surface area contributed by atoms with Crippen molar-refractivity contribution >= 4 is 32.8 Å². The topological polar surface area (TPSA) is 62.5 Å². The quantitative estimate of drug-likeness (QED) is 0.881. The first kappa shape index (κ1) is 13.6. The first-order chi connectivity index (χ1) is 9.69. The van der Waals surface area contributed by atoms with Crippen molar-refractivity contribution in [2.24, 2.45) is 5.92 Å². The van der Waals surface area contributed by atoms with E-state index in [2.05, 4.69) is 21.2 Å². The minimum Gasteiger partial charge on any atom is -0.450 e. The molecule has 1 amide bonds. The maximum absolute atomic E-state index is 12.2. The van der Waals surface area contributed by atoms with Crippen LogP contribution in [-0.4, -0.2) is 23.7 Å². The number of hydrogen-bond donors (Lipinski definition) is 2. The van der Waals surface area contributed by atoms with Gasteiger partial charge in [-0.25, -0.2) is 0 Å². The summed E-state index contributed by atoms with van der Waals surface area (Å²) < 4.78 is 6.45. The average molecular weight is 338 g/mol. The van der Waals surface area contributed by atoms with Gasteiger partial charge in [0.2, 0.25) is 0 Å². The normalized spacial score (nSPS) is 16.3. The number of halogens is 1. The second-order valence-corrected chi connectivity index (χ2v) is 6.05. The Morgan fingerprint density at radius 3 is 2.95 bits per heavy atom. The van der Waals surface area contributed by atoms with Crippen LogP contribution in [0.2, 0.25) is 0 Å². The Labute approximate surface area is 125 Å². The minimum atomic E-state index is -0.210. The number of amides is 1. The summed E-state index contributed by atoms with van der Waals surface area (Å²) in [6.45, 7) is 0.0904. The second kappa shape index (κ2) is 5.58. The first-order valence-electron chi connectivity index (χ1n) is 6.79. The number of aliphatic hydroxyl groups is 1. The van der Waals surface area contributed by atoms with Crippen molar-refractivity contribution in [2.75, 3.05) is 6.61 Å². The summed E-state index contributed by atoms with van der Waals surface area (Å²) in [4.78, 5) is 12.2. The molecule has 2 N–H and O–H groups in total. The van der Waals surface area contributed by atoms with Gasteiger partial charge in [0.1, 0.15) is 5.58 Å². The van der Waals surface area contributed by atoms with Crippen LogP contribution >= 0.6 is 15.9 Å². The lowest BCUT2D eigenvalue weighted by Gasteiger charge is -2.15. The van der Waals surface area contributed by atoms with Crippen molar-refractivity contribution in [1.82, 2.24) is 5.32 Å². The average Bonchev–Trinajstić information content (AvgIpc) is 3.17. The Balaban J connectivity index is 1.79. The largest absolute Gasteiger partial charge is 0.450 e. The maximum Gasteiger partial charge on any atom is 0.287 e. The lowest BCUT2D eigenvalue weighted by Crippen LogP contribution is -2.36. The van der Waals surface area contributed by atoms with Crippen molar-refractivity contribution in [1.29, 1.82) is 0 Å². The summed E-state index contributed by atoms with van der Waals surface area (Å²) in [5.74, 6) is 0.608. The molecular formula is C15H16BrNO3. The molecule has 1 aromatic heterocycles. The number of fused-ring (bicyclic) bond motifs is 1. The third kappa shape index (κ3) is 2.74. The maximum atomic E-state index is 12.2. The van der Waals surface area contributed by atoms with Crippen molar-refractivity contribution in [2.45, 2.75) is 25.3 Å². The van der Waals surface area contributed by atoms with Crippen LogP contribution in [0.1, 0.15) is 29.8 Å². The third-order valence-electron chi connectivity index (χ3n) is 3.67. The van der Waals surface area contributed by atoms with E-state index in [4.69, 9.17) is 9.52 Å². The molecule has 0 bridgehead atoms. The summed E-state index contributed by atoms with van der Waals surface area (Å²) >= 11 is 3.41. The third-order valence-corrected chi connectivity index (χ3v) is 4.29. The summed E-state index contributed by atoms with van der Waals surface area (Å²) in [5.41, 5.74) is 0.683. The predicted octanol–water partition coefficient (Wildman–Crippen LogP) is 3.09. The van der Waals surface area contributed by atoms with Crippen molar-refractivity contribution in [3.05, 3.63) is 34.5 Å². The van der Waals surface area contributed by atoms with Crippen molar-refractivity contribution in [3.8, 4) is 0 Å². The fourth-order valence-electron chi connectivity index (χ4n) is 2.44. The Kier molecular flexibility index (Phi) is 3.81. The van der Waals surface area contributed by atoms with Crippen LogP contribution in [0.15, 0.2) is 33.2 Å². The zero-order valence-electron chi connectivity index (χ0n) is 10.9. The fraction of sp³-hybridized carbons (Fsp3) is 0.400. The highest BCUT2D eigenvalue weighted by molar-refractivity contribution is 9.10. The smallest absolute Gasteiger partial charge is 0.287 e. The van der Waals surface area contributed by atoms with Gasteiger partial charge in [-0.2, -0.15) is 0 Å². The number of furan rings is 1. The minimum absolute atomic E-state index is 0.0455. The molecule has 4 nitrogen and oxygen atoms in total. The molecule has 0 radical (unpaired) electrons. The molecule has 1 heterocycles. The molecule has 0 saturated heterocycles. The van der Waals surface area contributed by atoms with E-state index in [1.807, 2.05) is 18.2 Å². The lowest BCUT2D eigenvalue weighted by atomic mass is 10.1. The van der Waals surface area contributed by atoms with E-state index in [0.717, 1.165) is 22.7 Å². The zero-order valence-corrected chi connectivity index (χ0v) is 12.5. The van der Waals surface area contributed by atoms with Crippen LogP contribution < -0.4 is 5.32 Å². The van der Waals surface area contributed by atoms with E-state index in [0.29, 0.717) is 23.7 Å². The molecule has 5 heteroatoms. The van der Waals surface area contributed by atoms with Crippen LogP contribution in [0.25, 0.3) is 11.0 Å². The summed E-state index contributed by atoms with van der Waals surface area (Å²) in [7, 11) is 0. The number of carbonyl (C=O) groups is 1. The first-order valence-corrected chi connectivity index (χ1v) is 7.58. The van der Waals surface area contributed by atoms with Crippen LogP contribution in [0, 0.1) is 5.92 Å². The van der Waals surface area contributed by atoms with E-state index in [1.165, 1.54) is 0 Å². The molecule has 1 aliphatic carbocycles. The summed E-state index contributed by atoms with van der Waals surface area (Å²) in [6.07, 6.45) is 2.84. The molecule has 0 aliphatic heterocycles. The lowest BCUT2D eigenvalue weighted by molar-refractivity contribution is 0.0898. The monoisotopic (exact) mass is 337 g/mol. The standard InChI is InChI=1S/C15H16BrNO3/c16-11-3-1-2-10-8-13(20-14(10)11)15(19)17-12(6-7-18)9-4-5-9/h1-3,8-9,12,18H,4-7H2,(H,17,19). The molecule has 0 spiro atoms. The zero-order chi connectivity index (χ0) is 14.1. The van der Waals surface area contributed by atoms with Gasteiger partial charge in [0.05, 0.1) is 4.47 Å². The number of nitrogens with one attached hydrogen (secondary N) is 1. The highest BCUT2D eigenvalue weighted by Gasteiger charge is 2.32. The Bertz CT molecular complexity index is 633. The van der Waals surface area contributed by atoms with Crippen LogP contribution in [0.4, 0.5) is 0 Å². The van der Waals surface area contributed by atoms with Crippen molar-refractivity contribution < 1.29 is 14.3 Å². The van der Waals surface area contributed by atoms with Gasteiger partial charge in [-0.15, -0.1) is 0 Å². The van der Waals surface area contributed by atoms with Gasteiger partial charge in [-0.1, -0.05) is 12.1 Å². The number of carbonyl (C=O) groups excluding carboxylic acids is 1. The van der Waals surface area contributed by atoms with Crippen LogP contribution in [0.5, 0.6) is 0 Å². The highest BCUT2D eigenvalue weighted by Crippen LogP contribution is 2.34. The van der Waals surface area contributed by atoms with Gasteiger partial charge < -0.3 is 14.8 Å². The number of para-hydroxylation sites is 1. The van der Waals surface area contributed by atoms with Crippen LogP contribution in [-0.2, 0) is 0 Å². The van der Waals surface area contributed by atoms with Gasteiger partial charge >= 0.3 is 0 Å². The molecule has 1 aliphatic rings. The Morgan fingerprint density at radius 2 is 2.30 bits per heavy atom. The SMILES string of the molecule is O=C(NC(CCO)C1CC1)c1cc2cccc(Br)c2o1. The van der Waals surface area contributed by atoms with Crippen LogP contribution in [0.3, 0.4) is 0 Å². The van der Waals surface area contributed by atoms with Gasteiger partial charge in [0.15, 0.2) is 5.76 Å². The molecule has 1 aromatic carbocycles. The molecule has 106 valence electrons. The predicted molar refractivity (Wildman–Crippen MR) is 79.6 cm³/mol. The molecule has 20 heavy (non-hydrogen) atoms. The van der Waals surface area contributed by atoms with Gasteiger partial charge in [-0.3, -0.25) is 4.79 Å². The highest BCUT2D eigenvalue weighted by atomic mass is 79.9. The molecular weight excluding hydrogens is 322 g/mol. The van der Waals surface area contributed by atoms with Crippen molar-refractivity contribution in [3.63, 3.8) is 0 Å². The van der Waals surface area contributed by atoms with Gasteiger partial charge in [-0.05, 0) is 53.2 Å². The van der Waals surface area contributed by atoms with E-state index in [1.54, 1.807) is 6.07 Å². The van der Waals surface area contributed by atoms with E-state index >= 15 is 0 Å². The fourth-order valence-corrected chi connectivity index (χ4v) is 2.90. The second-order valence-electron chi connectivity index (χ2n) is 5.20. The number of aliphatic hydroxyl groups excluding tert-OH is 1. The molecule has 3 rings (SSSR count). The Morgan fingerprint density at radius 1 is 1.50 bits per heavy atom. The van der Waals surface area contributed by atoms with E-state index in [9.17, 15) is 4.79 Å². The van der Waals surface area contributed by atoms with Gasteiger partial charge in [0.25, 0.3) is 5.91 Å². The number of benzene rings is 1. The number of hydrogen-bond acceptors (Lipinski definition) is 3. The molecule has 1 unspecified atom stereocenters. The summed E-state index contributed by atoms with van der Waals surface area (Å²) in [6, 6.07) is 7.49. The van der Waals surface area contributed by atoms with Gasteiger partial charge in [0, 0.05) is 18.0 Å². The molecule has 1 atom stereocenters. The molecule has 1 fully saturated rings. The molecule has 2 aromatic rings.